The second-order valence-electron chi connectivity index (χ2n) is 3.33. The molecule has 0 saturated heterocycles. The number of nitrogens with zero attached hydrogens (tertiary/aromatic N) is 1. The summed E-state index contributed by atoms with van der Waals surface area (Å²) in [4.78, 5) is 0. The molecule has 1 aromatic rings. The molecule has 0 fully saturated rings. The molecule has 1 aromatic carbocycles. The van der Waals surface area contributed by atoms with Gasteiger partial charge in [0.15, 0.2) is 0 Å². The molecule has 0 aromatic heterocycles. The van der Waals surface area contributed by atoms with Gasteiger partial charge >= 0.3 is 0 Å². The van der Waals surface area contributed by atoms with Crippen molar-refractivity contribution in [3.8, 4) is 6.07 Å². The zero-order chi connectivity index (χ0) is 9.90. The summed E-state index contributed by atoms with van der Waals surface area (Å²) in [6.07, 6.45) is 0.434. The predicted octanol–water partition coefficient (Wildman–Crippen LogP) is 1.61. The Balaban J connectivity index is 2.77. The van der Waals surface area contributed by atoms with Crippen LogP contribution in [0.2, 0.25) is 0 Å². The molecule has 68 valence electrons. The fraction of sp³-hybridized carbons (Fsp3) is 0.300. The van der Waals surface area contributed by atoms with Crippen LogP contribution >= 0.6 is 0 Å². The molecule has 1 rings (SSSR count). The van der Waals surface area contributed by atoms with Gasteiger partial charge in [0.1, 0.15) is 11.4 Å². The Morgan fingerprint density at radius 1 is 1.46 bits per heavy atom. The quantitative estimate of drug-likeness (QED) is 0.747. The summed E-state index contributed by atoms with van der Waals surface area (Å²) >= 11 is 0. The Morgan fingerprint density at radius 3 is 2.46 bits per heavy atom. The number of halogens is 1. The number of nitriles is 1. The molecule has 2 N–H and O–H groups in total. The van der Waals surface area contributed by atoms with Crippen LogP contribution in [-0.4, -0.2) is 5.54 Å². The van der Waals surface area contributed by atoms with Crippen molar-refractivity contribution in [1.82, 2.24) is 0 Å². The van der Waals surface area contributed by atoms with Crippen molar-refractivity contribution in [3.05, 3.63) is 35.6 Å². The van der Waals surface area contributed by atoms with Gasteiger partial charge in [0.05, 0.1) is 6.07 Å². The Hall–Kier alpha value is -1.40. The maximum absolute atomic E-state index is 12.5. The fourth-order valence-electron chi connectivity index (χ4n) is 1.07. The van der Waals surface area contributed by atoms with Crippen LogP contribution in [-0.2, 0) is 6.42 Å². The summed E-state index contributed by atoms with van der Waals surface area (Å²) < 4.78 is 12.5. The average Bonchev–Trinajstić information content (AvgIpc) is 2.09. The molecule has 1 unspecified atom stereocenters. The van der Waals surface area contributed by atoms with E-state index in [4.69, 9.17) is 11.0 Å². The monoisotopic (exact) mass is 178 g/mol. The van der Waals surface area contributed by atoms with Gasteiger partial charge in [-0.15, -0.1) is 0 Å². The molecule has 0 aliphatic carbocycles. The van der Waals surface area contributed by atoms with Gasteiger partial charge in [-0.25, -0.2) is 4.39 Å². The maximum atomic E-state index is 12.5. The molecule has 3 heteroatoms. The van der Waals surface area contributed by atoms with Gasteiger partial charge in [0.25, 0.3) is 0 Å². The third kappa shape index (κ3) is 2.85. The van der Waals surface area contributed by atoms with Crippen LogP contribution in [0.1, 0.15) is 12.5 Å². The first-order chi connectivity index (χ1) is 6.03. The summed E-state index contributed by atoms with van der Waals surface area (Å²) in [7, 11) is 0. The Kier molecular flexibility index (Phi) is 2.64. The molecular weight excluding hydrogens is 167 g/mol. The lowest BCUT2D eigenvalue weighted by molar-refractivity contribution is 0.592. The molecule has 0 heterocycles. The molecular formula is C10H11FN2. The van der Waals surface area contributed by atoms with E-state index in [0.717, 1.165) is 5.56 Å². The third-order valence-electron chi connectivity index (χ3n) is 1.74. The highest BCUT2D eigenvalue weighted by molar-refractivity contribution is 5.21. The standard InChI is InChI=1S/C10H11FN2/c1-10(13,7-12)6-8-2-4-9(11)5-3-8/h2-5H,6,13H2,1H3. The summed E-state index contributed by atoms with van der Waals surface area (Å²) in [6, 6.07) is 7.99. The van der Waals surface area contributed by atoms with Gasteiger partial charge in [-0.1, -0.05) is 12.1 Å². The fourth-order valence-corrected chi connectivity index (χ4v) is 1.07. The predicted molar refractivity (Wildman–Crippen MR) is 48.3 cm³/mol. The first kappa shape index (κ1) is 9.69. The largest absolute Gasteiger partial charge is 0.313 e. The van der Waals surface area contributed by atoms with Gasteiger partial charge in [-0.2, -0.15) is 5.26 Å². The van der Waals surface area contributed by atoms with Crippen LogP contribution < -0.4 is 5.73 Å². The van der Waals surface area contributed by atoms with Crippen molar-refractivity contribution in [2.45, 2.75) is 18.9 Å². The van der Waals surface area contributed by atoms with Crippen molar-refractivity contribution in [2.24, 2.45) is 5.73 Å². The van der Waals surface area contributed by atoms with Crippen LogP contribution in [0.4, 0.5) is 4.39 Å². The first-order valence-electron chi connectivity index (χ1n) is 3.98. The topological polar surface area (TPSA) is 49.8 Å². The zero-order valence-electron chi connectivity index (χ0n) is 7.42. The highest BCUT2D eigenvalue weighted by atomic mass is 19.1. The summed E-state index contributed by atoms with van der Waals surface area (Å²) in [5.41, 5.74) is 5.62. The van der Waals surface area contributed by atoms with Crippen LogP contribution in [0, 0.1) is 17.1 Å². The number of nitrogens with two attached hydrogens (primary N) is 1. The van der Waals surface area contributed by atoms with Crippen molar-refractivity contribution in [3.63, 3.8) is 0 Å². The molecule has 0 radical (unpaired) electrons. The minimum Gasteiger partial charge on any atom is -0.313 e. The van der Waals surface area contributed by atoms with Gasteiger partial charge in [0.2, 0.25) is 0 Å². The highest BCUT2D eigenvalue weighted by Crippen LogP contribution is 2.10. The molecule has 0 saturated carbocycles. The van der Waals surface area contributed by atoms with E-state index in [1.54, 1.807) is 19.1 Å². The minimum absolute atomic E-state index is 0.278. The Bertz CT molecular complexity index is 322. The maximum Gasteiger partial charge on any atom is 0.123 e. The smallest absolute Gasteiger partial charge is 0.123 e. The molecule has 0 spiro atoms. The second kappa shape index (κ2) is 3.55. The summed E-state index contributed by atoms with van der Waals surface area (Å²) in [6.45, 7) is 1.65. The molecule has 0 aliphatic heterocycles. The van der Waals surface area contributed by atoms with Gasteiger partial charge in [-0.3, -0.25) is 0 Å². The number of hydrogen-bond donors (Lipinski definition) is 1. The van der Waals surface area contributed by atoms with E-state index < -0.39 is 5.54 Å². The van der Waals surface area contributed by atoms with Crippen LogP contribution in [0.5, 0.6) is 0 Å². The van der Waals surface area contributed by atoms with Crippen molar-refractivity contribution >= 4 is 0 Å². The highest BCUT2D eigenvalue weighted by Gasteiger charge is 2.17. The lowest BCUT2D eigenvalue weighted by atomic mass is 9.96. The van der Waals surface area contributed by atoms with Crippen LogP contribution in [0.15, 0.2) is 24.3 Å². The van der Waals surface area contributed by atoms with Crippen LogP contribution in [0.25, 0.3) is 0 Å². The van der Waals surface area contributed by atoms with E-state index in [2.05, 4.69) is 0 Å². The number of benzene rings is 1. The lowest BCUT2D eigenvalue weighted by Crippen LogP contribution is -2.36. The normalized spacial score (nSPS) is 14.6. The van der Waals surface area contributed by atoms with E-state index >= 15 is 0 Å². The molecule has 0 bridgehead atoms. The Morgan fingerprint density at radius 2 is 2.00 bits per heavy atom. The Labute approximate surface area is 76.8 Å². The van der Waals surface area contributed by atoms with E-state index in [0.29, 0.717) is 6.42 Å². The minimum atomic E-state index is -0.877. The lowest BCUT2D eigenvalue weighted by Gasteiger charge is -2.14. The second-order valence-corrected chi connectivity index (χ2v) is 3.33. The van der Waals surface area contributed by atoms with E-state index in [9.17, 15) is 4.39 Å². The van der Waals surface area contributed by atoms with Crippen molar-refractivity contribution in [1.29, 1.82) is 5.26 Å². The van der Waals surface area contributed by atoms with Gasteiger partial charge in [-0.05, 0) is 24.6 Å². The third-order valence-corrected chi connectivity index (χ3v) is 1.74. The van der Waals surface area contributed by atoms with Gasteiger partial charge < -0.3 is 5.73 Å². The van der Waals surface area contributed by atoms with Gasteiger partial charge in [0, 0.05) is 6.42 Å². The molecule has 0 amide bonds. The summed E-state index contributed by atoms with van der Waals surface area (Å²) in [5.74, 6) is -0.278. The first-order valence-corrected chi connectivity index (χ1v) is 3.98. The molecule has 2 nitrogen and oxygen atoms in total. The zero-order valence-corrected chi connectivity index (χ0v) is 7.42. The van der Waals surface area contributed by atoms with E-state index in [1.807, 2.05) is 6.07 Å². The van der Waals surface area contributed by atoms with E-state index in [1.165, 1.54) is 12.1 Å². The number of hydrogen-bond acceptors (Lipinski definition) is 2. The average molecular weight is 178 g/mol. The summed E-state index contributed by atoms with van der Waals surface area (Å²) in [5, 5.41) is 8.66. The van der Waals surface area contributed by atoms with Crippen molar-refractivity contribution < 1.29 is 4.39 Å². The van der Waals surface area contributed by atoms with Crippen molar-refractivity contribution in [2.75, 3.05) is 0 Å². The van der Waals surface area contributed by atoms with Crippen LogP contribution in [0.3, 0.4) is 0 Å². The SMILES string of the molecule is CC(N)(C#N)Cc1ccc(F)cc1. The molecule has 13 heavy (non-hydrogen) atoms. The molecule has 1 atom stereocenters. The molecule has 0 aliphatic rings. The van der Waals surface area contributed by atoms with E-state index in [-0.39, 0.29) is 5.82 Å². The number of rotatable bonds is 2.